The second-order valence-electron chi connectivity index (χ2n) is 6.05. The van der Waals surface area contributed by atoms with Crippen LogP contribution >= 0.6 is 0 Å². The fraction of sp³-hybridized carbons (Fsp3) is 0.647. The van der Waals surface area contributed by atoms with Crippen molar-refractivity contribution in [2.24, 2.45) is 0 Å². The highest BCUT2D eigenvalue weighted by molar-refractivity contribution is 5.27. The quantitative estimate of drug-likeness (QED) is 0.864. The van der Waals surface area contributed by atoms with Crippen LogP contribution in [0.1, 0.15) is 36.8 Å². The smallest absolute Gasteiger partial charge is 0.0724 e. The van der Waals surface area contributed by atoms with Crippen molar-refractivity contribution in [2.75, 3.05) is 21.2 Å². The summed E-state index contributed by atoms with van der Waals surface area (Å²) in [5.41, 5.74) is 2.82. The van der Waals surface area contributed by atoms with Gasteiger partial charge in [0.1, 0.15) is 0 Å². The number of ether oxygens (including phenoxy) is 1. The predicted octanol–water partition coefficient (Wildman–Crippen LogP) is 2.80. The van der Waals surface area contributed by atoms with Crippen LogP contribution in [0.25, 0.3) is 0 Å². The predicted molar refractivity (Wildman–Crippen MR) is 83.7 cm³/mol. The van der Waals surface area contributed by atoms with Gasteiger partial charge in [0.2, 0.25) is 0 Å². The van der Waals surface area contributed by atoms with E-state index in [9.17, 15) is 0 Å². The molecule has 2 rings (SSSR count). The molecule has 0 radical (unpaired) electrons. The third-order valence-corrected chi connectivity index (χ3v) is 4.16. The highest BCUT2D eigenvalue weighted by Gasteiger charge is 2.24. The summed E-state index contributed by atoms with van der Waals surface area (Å²) in [4.78, 5) is 2.22. The van der Waals surface area contributed by atoms with E-state index in [1.54, 1.807) is 0 Å². The molecule has 1 aromatic rings. The van der Waals surface area contributed by atoms with Crippen LogP contribution in [-0.4, -0.2) is 38.3 Å². The van der Waals surface area contributed by atoms with Crippen LogP contribution in [0.3, 0.4) is 0 Å². The van der Waals surface area contributed by atoms with Crippen molar-refractivity contribution in [3.8, 4) is 0 Å². The van der Waals surface area contributed by atoms with Gasteiger partial charge in [-0.25, -0.2) is 0 Å². The summed E-state index contributed by atoms with van der Waals surface area (Å²) in [6.07, 6.45) is 5.41. The molecule has 2 unspecified atom stereocenters. The minimum absolute atomic E-state index is 0.379. The van der Waals surface area contributed by atoms with E-state index in [0.717, 1.165) is 13.1 Å². The Morgan fingerprint density at radius 1 is 1.15 bits per heavy atom. The van der Waals surface area contributed by atoms with Gasteiger partial charge >= 0.3 is 0 Å². The van der Waals surface area contributed by atoms with E-state index < -0.39 is 0 Å². The van der Waals surface area contributed by atoms with Crippen molar-refractivity contribution in [3.05, 3.63) is 35.4 Å². The van der Waals surface area contributed by atoms with Crippen LogP contribution in [0.5, 0.6) is 0 Å². The SMILES string of the molecule is COC1CCCCC1NCc1ccccc1CN(C)C. The number of hydrogen-bond donors (Lipinski definition) is 1. The van der Waals surface area contributed by atoms with E-state index in [-0.39, 0.29) is 0 Å². The molecule has 1 aliphatic carbocycles. The summed E-state index contributed by atoms with van der Waals surface area (Å²) < 4.78 is 5.62. The molecular weight excluding hydrogens is 248 g/mol. The van der Waals surface area contributed by atoms with Gasteiger partial charge in [0.05, 0.1) is 6.10 Å². The zero-order valence-electron chi connectivity index (χ0n) is 13.1. The van der Waals surface area contributed by atoms with Gasteiger partial charge in [-0.2, -0.15) is 0 Å². The summed E-state index contributed by atoms with van der Waals surface area (Å²) in [6, 6.07) is 9.22. The van der Waals surface area contributed by atoms with Crippen LogP contribution in [0, 0.1) is 0 Å². The maximum absolute atomic E-state index is 5.62. The van der Waals surface area contributed by atoms with Crippen molar-refractivity contribution in [3.63, 3.8) is 0 Å². The van der Waals surface area contributed by atoms with Crippen molar-refractivity contribution in [1.82, 2.24) is 10.2 Å². The molecular formula is C17H28N2O. The lowest BCUT2D eigenvalue weighted by atomic mass is 9.92. The van der Waals surface area contributed by atoms with E-state index in [1.165, 1.54) is 36.8 Å². The first-order valence-electron chi connectivity index (χ1n) is 7.68. The monoisotopic (exact) mass is 276 g/mol. The summed E-state index contributed by atoms with van der Waals surface area (Å²) in [7, 11) is 6.07. The van der Waals surface area contributed by atoms with Gasteiger partial charge in [-0.3, -0.25) is 0 Å². The maximum Gasteiger partial charge on any atom is 0.0724 e. The molecule has 0 aliphatic heterocycles. The molecule has 1 aromatic carbocycles. The molecule has 0 saturated heterocycles. The Hall–Kier alpha value is -0.900. The average molecular weight is 276 g/mol. The fourth-order valence-electron chi connectivity index (χ4n) is 3.08. The molecule has 112 valence electrons. The van der Waals surface area contributed by atoms with Crippen LogP contribution in [-0.2, 0) is 17.8 Å². The highest BCUT2D eigenvalue weighted by Crippen LogP contribution is 2.21. The zero-order valence-corrected chi connectivity index (χ0v) is 13.1. The van der Waals surface area contributed by atoms with E-state index in [4.69, 9.17) is 4.74 Å². The molecule has 1 N–H and O–H groups in total. The molecule has 3 heteroatoms. The number of methoxy groups -OCH3 is 1. The summed E-state index contributed by atoms with van der Waals surface area (Å²) >= 11 is 0. The third-order valence-electron chi connectivity index (χ3n) is 4.16. The number of nitrogens with one attached hydrogen (secondary N) is 1. The van der Waals surface area contributed by atoms with Gasteiger partial charge in [0, 0.05) is 26.2 Å². The van der Waals surface area contributed by atoms with Crippen molar-refractivity contribution < 1.29 is 4.74 Å². The Kier molecular flexibility index (Phi) is 6.02. The fourth-order valence-corrected chi connectivity index (χ4v) is 3.08. The van der Waals surface area contributed by atoms with Gasteiger partial charge in [-0.05, 0) is 38.1 Å². The molecule has 0 aromatic heterocycles. The van der Waals surface area contributed by atoms with Crippen LogP contribution in [0.4, 0.5) is 0 Å². The van der Waals surface area contributed by atoms with E-state index in [1.807, 2.05) is 7.11 Å². The summed E-state index contributed by atoms with van der Waals surface area (Å²) in [5, 5.41) is 3.71. The third kappa shape index (κ3) is 4.30. The van der Waals surface area contributed by atoms with Crippen LogP contribution in [0.2, 0.25) is 0 Å². The number of benzene rings is 1. The summed E-state index contributed by atoms with van der Waals surface area (Å²) in [5.74, 6) is 0. The summed E-state index contributed by atoms with van der Waals surface area (Å²) in [6.45, 7) is 1.94. The maximum atomic E-state index is 5.62. The van der Waals surface area contributed by atoms with E-state index in [0.29, 0.717) is 12.1 Å². The molecule has 0 amide bonds. The minimum atomic E-state index is 0.379. The van der Waals surface area contributed by atoms with Crippen molar-refractivity contribution in [1.29, 1.82) is 0 Å². The van der Waals surface area contributed by atoms with Crippen LogP contribution in [0.15, 0.2) is 24.3 Å². The molecule has 1 saturated carbocycles. The lowest BCUT2D eigenvalue weighted by Gasteiger charge is -2.31. The highest BCUT2D eigenvalue weighted by atomic mass is 16.5. The molecule has 0 spiro atoms. The lowest BCUT2D eigenvalue weighted by Crippen LogP contribution is -2.42. The van der Waals surface area contributed by atoms with E-state index in [2.05, 4.69) is 48.6 Å². The topological polar surface area (TPSA) is 24.5 Å². The standard InChI is InChI=1S/C17H28N2O/c1-19(2)13-15-9-5-4-8-14(15)12-18-16-10-6-7-11-17(16)20-3/h4-5,8-9,16-18H,6-7,10-13H2,1-3H3. The second kappa shape index (κ2) is 7.77. The van der Waals surface area contributed by atoms with Crippen LogP contribution < -0.4 is 5.32 Å². The first-order valence-corrected chi connectivity index (χ1v) is 7.68. The molecule has 2 atom stereocenters. The van der Waals surface area contributed by atoms with Gasteiger partial charge in [-0.15, -0.1) is 0 Å². The van der Waals surface area contributed by atoms with Crippen molar-refractivity contribution in [2.45, 2.75) is 50.9 Å². The van der Waals surface area contributed by atoms with Crippen molar-refractivity contribution >= 4 is 0 Å². The molecule has 20 heavy (non-hydrogen) atoms. The Bertz CT molecular complexity index is 406. The van der Waals surface area contributed by atoms with Gasteiger partial charge in [0.15, 0.2) is 0 Å². The largest absolute Gasteiger partial charge is 0.380 e. The van der Waals surface area contributed by atoms with E-state index >= 15 is 0 Å². The average Bonchev–Trinajstić information content (AvgIpc) is 2.46. The number of hydrogen-bond acceptors (Lipinski definition) is 3. The number of nitrogens with zero attached hydrogens (tertiary/aromatic N) is 1. The Labute approximate surface area is 123 Å². The normalized spacial score (nSPS) is 23.2. The van der Waals surface area contributed by atoms with Gasteiger partial charge in [0.25, 0.3) is 0 Å². The molecule has 0 heterocycles. The first-order chi connectivity index (χ1) is 9.70. The molecule has 0 bridgehead atoms. The Morgan fingerprint density at radius 3 is 2.55 bits per heavy atom. The molecule has 1 aliphatic rings. The Balaban J connectivity index is 1.96. The van der Waals surface area contributed by atoms with Gasteiger partial charge in [-0.1, -0.05) is 37.1 Å². The molecule has 1 fully saturated rings. The number of rotatable bonds is 6. The first kappa shape index (κ1) is 15.5. The lowest BCUT2D eigenvalue weighted by molar-refractivity contribution is 0.0412. The Morgan fingerprint density at radius 2 is 1.85 bits per heavy atom. The minimum Gasteiger partial charge on any atom is -0.380 e. The van der Waals surface area contributed by atoms with Gasteiger partial charge < -0.3 is 15.0 Å². The molecule has 3 nitrogen and oxygen atoms in total. The second-order valence-corrected chi connectivity index (χ2v) is 6.05. The zero-order chi connectivity index (χ0) is 14.4.